The van der Waals surface area contributed by atoms with Crippen LogP contribution in [0.25, 0.3) is 0 Å². The van der Waals surface area contributed by atoms with Crippen LogP contribution >= 0.6 is 0 Å². The van der Waals surface area contributed by atoms with Crippen molar-refractivity contribution in [3.8, 4) is 6.07 Å². The maximum atomic E-state index is 13.9. The van der Waals surface area contributed by atoms with Crippen LogP contribution in [0.3, 0.4) is 0 Å². The Balaban J connectivity index is 1.47. The zero-order valence-electron chi connectivity index (χ0n) is 12.3. The monoisotopic (exact) mass is 287 g/mol. The predicted octanol–water partition coefficient (Wildman–Crippen LogP) is 2.66. The van der Waals surface area contributed by atoms with Gasteiger partial charge in [0, 0.05) is 18.2 Å². The molecule has 1 aromatic carbocycles. The highest BCUT2D eigenvalue weighted by Crippen LogP contribution is 2.23. The molecule has 0 amide bonds. The van der Waals surface area contributed by atoms with Crippen LogP contribution in [0.2, 0.25) is 0 Å². The summed E-state index contributed by atoms with van der Waals surface area (Å²) in [7, 11) is 0. The van der Waals surface area contributed by atoms with E-state index in [9.17, 15) is 4.39 Å². The van der Waals surface area contributed by atoms with Crippen molar-refractivity contribution in [2.75, 3.05) is 19.6 Å². The lowest BCUT2D eigenvalue weighted by Gasteiger charge is -2.32. The number of hydrogen-bond donors (Lipinski definition) is 1. The van der Waals surface area contributed by atoms with Crippen LogP contribution in [-0.4, -0.2) is 30.6 Å². The third kappa shape index (κ3) is 4.03. The van der Waals surface area contributed by atoms with Gasteiger partial charge in [-0.2, -0.15) is 5.26 Å². The van der Waals surface area contributed by atoms with Crippen LogP contribution in [0.1, 0.15) is 36.8 Å². The van der Waals surface area contributed by atoms with Crippen LogP contribution in [0.15, 0.2) is 18.2 Å². The summed E-state index contributed by atoms with van der Waals surface area (Å²) < 4.78 is 13.9. The van der Waals surface area contributed by atoms with E-state index < -0.39 is 0 Å². The molecule has 112 valence electrons. The third-order valence-corrected chi connectivity index (χ3v) is 4.56. The molecular formula is C17H22FN3. The SMILES string of the molecule is N#Cc1ccc(CN2CCC(CNC3CC3)CC2)c(F)c1. The van der Waals surface area contributed by atoms with Gasteiger partial charge in [-0.05, 0) is 63.4 Å². The minimum absolute atomic E-state index is 0.258. The van der Waals surface area contributed by atoms with Gasteiger partial charge in [0.1, 0.15) is 5.82 Å². The maximum absolute atomic E-state index is 13.9. The van der Waals surface area contributed by atoms with Gasteiger partial charge in [0.25, 0.3) is 0 Å². The highest BCUT2D eigenvalue weighted by Gasteiger charge is 2.24. The molecule has 1 saturated carbocycles. The van der Waals surface area contributed by atoms with Crippen molar-refractivity contribution >= 4 is 0 Å². The lowest BCUT2D eigenvalue weighted by molar-refractivity contribution is 0.173. The lowest BCUT2D eigenvalue weighted by Crippen LogP contribution is -2.37. The van der Waals surface area contributed by atoms with Gasteiger partial charge in [-0.25, -0.2) is 4.39 Å². The summed E-state index contributed by atoms with van der Waals surface area (Å²) >= 11 is 0. The van der Waals surface area contributed by atoms with Crippen molar-refractivity contribution in [1.29, 1.82) is 5.26 Å². The van der Waals surface area contributed by atoms with Crippen LogP contribution in [0.5, 0.6) is 0 Å². The topological polar surface area (TPSA) is 39.1 Å². The number of piperidine rings is 1. The molecule has 1 aliphatic heterocycles. The first kappa shape index (κ1) is 14.5. The van der Waals surface area contributed by atoms with E-state index in [1.807, 2.05) is 6.07 Å². The number of nitrogens with zero attached hydrogens (tertiary/aromatic N) is 2. The quantitative estimate of drug-likeness (QED) is 0.905. The van der Waals surface area contributed by atoms with Crippen LogP contribution in [0.4, 0.5) is 4.39 Å². The molecule has 3 rings (SSSR count). The fourth-order valence-corrected chi connectivity index (χ4v) is 2.96. The van der Waals surface area contributed by atoms with Crippen molar-refractivity contribution in [3.05, 3.63) is 35.1 Å². The number of rotatable bonds is 5. The number of nitrogens with one attached hydrogen (secondary N) is 1. The number of benzene rings is 1. The third-order valence-electron chi connectivity index (χ3n) is 4.56. The summed E-state index contributed by atoms with van der Waals surface area (Å²) in [4.78, 5) is 2.32. The van der Waals surface area contributed by atoms with Crippen molar-refractivity contribution < 1.29 is 4.39 Å². The molecule has 1 aliphatic carbocycles. The molecule has 2 fully saturated rings. The molecule has 0 atom stereocenters. The van der Waals surface area contributed by atoms with E-state index in [1.54, 1.807) is 12.1 Å². The molecule has 21 heavy (non-hydrogen) atoms. The molecule has 1 N–H and O–H groups in total. The lowest BCUT2D eigenvalue weighted by atomic mass is 9.96. The number of halogens is 1. The average Bonchev–Trinajstić information content (AvgIpc) is 3.33. The second kappa shape index (κ2) is 6.55. The van der Waals surface area contributed by atoms with E-state index in [0.29, 0.717) is 17.7 Å². The van der Waals surface area contributed by atoms with Gasteiger partial charge in [-0.15, -0.1) is 0 Å². The molecule has 0 radical (unpaired) electrons. The van der Waals surface area contributed by atoms with E-state index in [0.717, 1.165) is 31.6 Å². The number of likely N-dealkylation sites (tertiary alicyclic amines) is 1. The summed E-state index contributed by atoms with van der Waals surface area (Å²) in [5.41, 5.74) is 1.09. The molecule has 4 heteroatoms. The first-order valence-electron chi connectivity index (χ1n) is 7.89. The first-order chi connectivity index (χ1) is 10.2. The average molecular weight is 287 g/mol. The molecule has 0 bridgehead atoms. The smallest absolute Gasteiger partial charge is 0.129 e. The van der Waals surface area contributed by atoms with E-state index in [4.69, 9.17) is 5.26 Å². The van der Waals surface area contributed by atoms with Gasteiger partial charge in [-0.3, -0.25) is 4.90 Å². The molecule has 0 spiro atoms. The largest absolute Gasteiger partial charge is 0.314 e. The summed E-state index contributed by atoms with van der Waals surface area (Å²) in [5, 5.41) is 12.4. The van der Waals surface area contributed by atoms with Crippen molar-refractivity contribution in [1.82, 2.24) is 10.2 Å². The predicted molar refractivity (Wildman–Crippen MR) is 80.1 cm³/mol. The van der Waals surface area contributed by atoms with E-state index in [-0.39, 0.29) is 5.82 Å². The Kier molecular flexibility index (Phi) is 4.52. The Hall–Kier alpha value is -1.44. The van der Waals surface area contributed by atoms with E-state index in [2.05, 4.69) is 10.2 Å². The summed E-state index contributed by atoms with van der Waals surface area (Å²) in [6.45, 7) is 3.87. The Morgan fingerprint density at radius 2 is 2.00 bits per heavy atom. The van der Waals surface area contributed by atoms with Gasteiger partial charge in [0.2, 0.25) is 0 Å². The number of hydrogen-bond acceptors (Lipinski definition) is 3. The van der Waals surface area contributed by atoms with Gasteiger partial charge in [-0.1, -0.05) is 6.07 Å². The maximum Gasteiger partial charge on any atom is 0.129 e. The van der Waals surface area contributed by atoms with Gasteiger partial charge in [0.15, 0.2) is 0 Å². The van der Waals surface area contributed by atoms with Gasteiger partial charge in [0.05, 0.1) is 11.6 Å². The summed E-state index contributed by atoms with van der Waals surface area (Å²) in [6.07, 6.45) is 5.07. The summed E-state index contributed by atoms with van der Waals surface area (Å²) in [6, 6.07) is 7.54. The standard InChI is InChI=1S/C17H22FN3/c18-17-9-14(10-19)1-2-15(17)12-21-7-5-13(6-8-21)11-20-16-3-4-16/h1-2,9,13,16,20H,3-8,11-12H2. The molecule has 1 aromatic rings. The zero-order chi connectivity index (χ0) is 14.7. The highest BCUT2D eigenvalue weighted by molar-refractivity contribution is 5.32. The molecule has 2 aliphatic rings. The molecule has 1 heterocycles. The fraction of sp³-hybridized carbons (Fsp3) is 0.588. The molecule has 1 saturated heterocycles. The Bertz CT molecular complexity index is 525. The highest BCUT2D eigenvalue weighted by atomic mass is 19.1. The Labute approximate surface area is 125 Å². The molecule has 0 unspecified atom stereocenters. The molecule has 3 nitrogen and oxygen atoms in total. The molecule has 0 aromatic heterocycles. The van der Waals surface area contributed by atoms with Crippen LogP contribution < -0.4 is 5.32 Å². The first-order valence-corrected chi connectivity index (χ1v) is 7.89. The van der Waals surface area contributed by atoms with Gasteiger partial charge < -0.3 is 5.32 Å². The van der Waals surface area contributed by atoms with Crippen LogP contribution in [-0.2, 0) is 6.54 Å². The molecular weight excluding hydrogens is 265 g/mol. The summed E-state index contributed by atoms with van der Waals surface area (Å²) in [5.74, 6) is 0.513. The van der Waals surface area contributed by atoms with Crippen LogP contribution in [0, 0.1) is 23.1 Å². The van der Waals surface area contributed by atoms with E-state index >= 15 is 0 Å². The minimum atomic E-state index is -0.258. The normalized spacial score (nSPS) is 20.4. The van der Waals surface area contributed by atoms with Crippen molar-refractivity contribution in [3.63, 3.8) is 0 Å². The van der Waals surface area contributed by atoms with E-state index in [1.165, 1.54) is 31.7 Å². The Morgan fingerprint density at radius 3 is 2.62 bits per heavy atom. The van der Waals surface area contributed by atoms with Crippen molar-refractivity contribution in [2.45, 2.75) is 38.3 Å². The fourth-order valence-electron chi connectivity index (χ4n) is 2.96. The van der Waals surface area contributed by atoms with Crippen molar-refractivity contribution in [2.24, 2.45) is 5.92 Å². The zero-order valence-corrected chi connectivity index (χ0v) is 12.3. The second-order valence-electron chi connectivity index (χ2n) is 6.32. The minimum Gasteiger partial charge on any atom is -0.314 e. The second-order valence-corrected chi connectivity index (χ2v) is 6.32. The number of nitriles is 1. The Morgan fingerprint density at radius 1 is 1.24 bits per heavy atom. The van der Waals surface area contributed by atoms with Gasteiger partial charge >= 0.3 is 0 Å².